The molecule has 0 aliphatic carbocycles. The summed E-state index contributed by atoms with van der Waals surface area (Å²) >= 11 is 0. The van der Waals surface area contributed by atoms with E-state index in [1.54, 1.807) is 0 Å². The molecule has 1 aromatic carbocycles. The van der Waals surface area contributed by atoms with Gasteiger partial charge in [-0.25, -0.2) is 0 Å². The van der Waals surface area contributed by atoms with E-state index in [1.165, 1.54) is 5.56 Å². The lowest BCUT2D eigenvalue weighted by atomic mass is 9.98. The lowest BCUT2D eigenvalue weighted by Gasteiger charge is -2.21. The van der Waals surface area contributed by atoms with E-state index in [-0.39, 0.29) is 5.91 Å². The molecule has 5 heteroatoms. The van der Waals surface area contributed by atoms with Crippen LogP contribution >= 0.6 is 0 Å². The molecule has 0 radical (unpaired) electrons. The third kappa shape index (κ3) is 3.30. The first kappa shape index (κ1) is 15.0. The summed E-state index contributed by atoms with van der Waals surface area (Å²) in [6.07, 6.45) is 2.69. The number of benzene rings is 1. The second kappa shape index (κ2) is 6.48. The number of amides is 1. The summed E-state index contributed by atoms with van der Waals surface area (Å²) < 4.78 is 7.29. The lowest BCUT2D eigenvalue weighted by Crippen LogP contribution is -2.28. The van der Waals surface area contributed by atoms with Gasteiger partial charge in [-0.05, 0) is 37.8 Å². The van der Waals surface area contributed by atoms with Crippen LogP contribution in [0, 0.1) is 12.8 Å². The van der Waals surface area contributed by atoms with Crippen molar-refractivity contribution in [1.29, 1.82) is 0 Å². The third-order valence-electron chi connectivity index (χ3n) is 4.26. The molecule has 1 fully saturated rings. The zero-order chi connectivity index (χ0) is 15.5. The summed E-state index contributed by atoms with van der Waals surface area (Å²) in [6, 6.07) is 6.27. The highest BCUT2D eigenvalue weighted by molar-refractivity contribution is 5.83. The number of carbonyl (C=O) groups excluding carboxylic acids is 1. The van der Waals surface area contributed by atoms with Crippen LogP contribution in [0.3, 0.4) is 0 Å². The standard InChI is InChI=1S/C17H23N3O2/c1-12-5-6-16-14(8-12)15(19-20(16)2)10-18-17(21)9-13-4-3-7-22-11-13/h5-6,8,13H,3-4,7,9-11H2,1-2H3,(H,18,21)/t13-/m1/s1. The number of hydrogen-bond acceptors (Lipinski definition) is 3. The minimum atomic E-state index is 0.0851. The largest absolute Gasteiger partial charge is 0.381 e. The highest BCUT2D eigenvalue weighted by Gasteiger charge is 2.18. The Balaban J connectivity index is 1.63. The molecule has 0 saturated carbocycles. The van der Waals surface area contributed by atoms with Crippen molar-refractivity contribution in [1.82, 2.24) is 15.1 Å². The van der Waals surface area contributed by atoms with Gasteiger partial charge < -0.3 is 10.1 Å². The quantitative estimate of drug-likeness (QED) is 0.943. The van der Waals surface area contributed by atoms with Crippen LogP contribution in [0.2, 0.25) is 0 Å². The van der Waals surface area contributed by atoms with E-state index in [0.717, 1.165) is 36.0 Å². The first-order valence-electron chi connectivity index (χ1n) is 7.90. The summed E-state index contributed by atoms with van der Waals surface area (Å²) in [6.45, 7) is 4.08. The van der Waals surface area contributed by atoms with Gasteiger partial charge in [-0.1, -0.05) is 11.6 Å². The lowest BCUT2D eigenvalue weighted by molar-refractivity contribution is -0.123. The van der Waals surface area contributed by atoms with Crippen LogP contribution in [0.15, 0.2) is 18.2 Å². The molecule has 1 aliphatic rings. The SMILES string of the molecule is Cc1ccc2c(c1)c(CNC(=O)C[C@H]1CCCOC1)nn2C. The zero-order valence-corrected chi connectivity index (χ0v) is 13.3. The van der Waals surface area contributed by atoms with Crippen molar-refractivity contribution in [2.24, 2.45) is 13.0 Å². The van der Waals surface area contributed by atoms with Gasteiger partial charge in [0.1, 0.15) is 0 Å². The third-order valence-corrected chi connectivity index (χ3v) is 4.26. The predicted molar refractivity (Wildman–Crippen MR) is 85.5 cm³/mol. The number of nitrogens with zero attached hydrogens (tertiary/aromatic N) is 2. The highest BCUT2D eigenvalue weighted by Crippen LogP contribution is 2.20. The predicted octanol–water partition coefficient (Wildman–Crippen LogP) is 2.31. The van der Waals surface area contributed by atoms with Gasteiger partial charge in [0.05, 0.1) is 17.8 Å². The van der Waals surface area contributed by atoms with Crippen LogP contribution in [-0.4, -0.2) is 28.9 Å². The van der Waals surface area contributed by atoms with Gasteiger partial charge >= 0.3 is 0 Å². The fraction of sp³-hybridized carbons (Fsp3) is 0.529. The average Bonchev–Trinajstić information content (AvgIpc) is 2.82. The highest BCUT2D eigenvalue weighted by atomic mass is 16.5. The number of fused-ring (bicyclic) bond motifs is 1. The fourth-order valence-corrected chi connectivity index (χ4v) is 3.07. The fourth-order valence-electron chi connectivity index (χ4n) is 3.07. The van der Waals surface area contributed by atoms with Crippen molar-refractivity contribution < 1.29 is 9.53 Å². The molecule has 0 unspecified atom stereocenters. The Kier molecular flexibility index (Phi) is 4.43. The van der Waals surface area contributed by atoms with Gasteiger partial charge in [-0.2, -0.15) is 5.10 Å². The Bertz CT molecular complexity index is 672. The Hall–Kier alpha value is -1.88. The van der Waals surface area contributed by atoms with E-state index in [2.05, 4.69) is 35.5 Å². The maximum atomic E-state index is 12.1. The van der Waals surface area contributed by atoms with E-state index in [0.29, 0.717) is 25.5 Å². The van der Waals surface area contributed by atoms with Crippen LogP contribution < -0.4 is 5.32 Å². The minimum Gasteiger partial charge on any atom is -0.381 e. The molecule has 22 heavy (non-hydrogen) atoms. The molecule has 2 aromatic rings. The second-order valence-electron chi connectivity index (χ2n) is 6.15. The van der Waals surface area contributed by atoms with Crippen molar-refractivity contribution in [2.45, 2.75) is 32.7 Å². The number of aryl methyl sites for hydroxylation is 2. The van der Waals surface area contributed by atoms with Crippen LogP contribution in [0.1, 0.15) is 30.5 Å². The number of rotatable bonds is 4. The molecule has 1 N–H and O–H groups in total. The van der Waals surface area contributed by atoms with Crippen molar-refractivity contribution in [2.75, 3.05) is 13.2 Å². The number of ether oxygens (including phenoxy) is 1. The second-order valence-corrected chi connectivity index (χ2v) is 6.15. The molecular weight excluding hydrogens is 278 g/mol. The summed E-state index contributed by atoms with van der Waals surface area (Å²) in [5.74, 6) is 0.443. The smallest absolute Gasteiger partial charge is 0.220 e. The topological polar surface area (TPSA) is 56.1 Å². The Morgan fingerprint density at radius 2 is 2.36 bits per heavy atom. The summed E-state index contributed by atoms with van der Waals surface area (Å²) in [7, 11) is 1.93. The van der Waals surface area contributed by atoms with E-state index in [4.69, 9.17) is 4.74 Å². The van der Waals surface area contributed by atoms with E-state index < -0.39 is 0 Å². The number of carbonyl (C=O) groups is 1. The van der Waals surface area contributed by atoms with Gasteiger partial charge in [0.15, 0.2) is 0 Å². The molecule has 1 saturated heterocycles. The molecule has 0 spiro atoms. The summed E-state index contributed by atoms with van der Waals surface area (Å²) in [4.78, 5) is 12.1. The van der Waals surface area contributed by atoms with Crippen molar-refractivity contribution in [3.8, 4) is 0 Å². The Morgan fingerprint density at radius 3 is 3.14 bits per heavy atom. The molecule has 5 nitrogen and oxygen atoms in total. The number of hydrogen-bond donors (Lipinski definition) is 1. The first-order chi connectivity index (χ1) is 10.6. The molecule has 1 atom stereocenters. The maximum absolute atomic E-state index is 12.1. The van der Waals surface area contributed by atoms with Gasteiger partial charge in [0.25, 0.3) is 0 Å². The van der Waals surface area contributed by atoms with E-state index >= 15 is 0 Å². The van der Waals surface area contributed by atoms with Crippen LogP contribution in [0.25, 0.3) is 10.9 Å². The molecule has 1 aromatic heterocycles. The first-order valence-corrected chi connectivity index (χ1v) is 7.90. The summed E-state index contributed by atoms with van der Waals surface area (Å²) in [5, 5.41) is 8.64. The van der Waals surface area contributed by atoms with Gasteiger partial charge in [-0.15, -0.1) is 0 Å². The van der Waals surface area contributed by atoms with Gasteiger partial charge in [0.2, 0.25) is 5.91 Å². The van der Waals surface area contributed by atoms with E-state index in [9.17, 15) is 4.79 Å². The molecule has 2 heterocycles. The van der Waals surface area contributed by atoms with Gasteiger partial charge in [-0.3, -0.25) is 9.48 Å². The van der Waals surface area contributed by atoms with E-state index in [1.807, 2.05) is 11.7 Å². The van der Waals surface area contributed by atoms with Gasteiger partial charge in [0, 0.05) is 32.1 Å². The number of aromatic nitrogens is 2. The van der Waals surface area contributed by atoms with Crippen molar-refractivity contribution in [3.05, 3.63) is 29.5 Å². The number of nitrogens with one attached hydrogen (secondary N) is 1. The minimum absolute atomic E-state index is 0.0851. The molecule has 118 valence electrons. The van der Waals surface area contributed by atoms with Crippen molar-refractivity contribution >= 4 is 16.8 Å². The zero-order valence-electron chi connectivity index (χ0n) is 13.3. The average molecular weight is 301 g/mol. The molecule has 1 amide bonds. The maximum Gasteiger partial charge on any atom is 0.220 e. The monoisotopic (exact) mass is 301 g/mol. The molecular formula is C17H23N3O2. The Labute approximate surface area is 130 Å². The van der Waals surface area contributed by atoms with Crippen LogP contribution in [0.4, 0.5) is 0 Å². The summed E-state index contributed by atoms with van der Waals surface area (Å²) in [5.41, 5.74) is 3.22. The van der Waals surface area contributed by atoms with Crippen LogP contribution in [-0.2, 0) is 23.1 Å². The molecule has 3 rings (SSSR count). The normalized spacial score (nSPS) is 18.5. The Morgan fingerprint density at radius 1 is 1.50 bits per heavy atom. The van der Waals surface area contributed by atoms with Crippen molar-refractivity contribution in [3.63, 3.8) is 0 Å². The molecule has 1 aliphatic heterocycles. The molecule has 0 bridgehead atoms. The van der Waals surface area contributed by atoms with Crippen LogP contribution in [0.5, 0.6) is 0 Å².